The van der Waals surface area contributed by atoms with Gasteiger partial charge in [-0.05, 0) is 46.6 Å². The molecule has 1 aromatic heterocycles. The molecule has 110 valence electrons. The first-order chi connectivity index (χ1) is 9.95. The lowest BCUT2D eigenvalue weighted by molar-refractivity contribution is -0.122. The maximum atomic E-state index is 12.0. The Morgan fingerprint density at radius 2 is 2.14 bits per heavy atom. The van der Waals surface area contributed by atoms with Gasteiger partial charge in [-0.1, -0.05) is 23.7 Å². The van der Waals surface area contributed by atoms with Crippen LogP contribution in [0.2, 0.25) is 5.02 Å². The second-order valence-corrected chi connectivity index (χ2v) is 6.01. The van der Waals surface area contributed by atoms with Crippen molar-refractivity contribution in [3.05, 3.63) is 68.0 Å². The van der Waals surface area contributed by atoms with Crippen molar-refractivity contribution in [2.45, 2.75) is 19.5 Å². The Kier molecular flexibility index (Phi) is 5.20. The number of pyridine rings is 1. The van der Waals surface area contributed by atoms with Crippen LogP contribution in [0.15, 0.2) is 51.9 Å². The van der Waals surface area contributed by atoms with Gasteiger partial charge in [0.1, 0.15) is 6.54 Å². The lowest BCUT2D eigenvalue weighted by Crippen LogP contribution is -2.33. The van der Waals surface area contributed by atoms with Gasteiger partial charge in [-0.15, -0.1) is 0 Å². The smallest absolute Gasteiger partial charge is 0.251 e. The fourth-order valence-corrected chi connectivity index (χ4v) is 2.50. The highest BCUT2D eigenvalue weighted by Gasteiger charge is 2.11. The summed E-state index contributed by atoms with van der Waals surface area (Å²) in [6, 6.07) is 10.2. The quantitative estimate of drug-likeness (QED) is 0.900. The minimum Gasteiger partial charge on any atom is -0.348 e. The topological polar surface area (TPSA) is 51.1 Å². The molecule has 0 fully saturated rings. The molecule has 0 unspecified atom stereocenters. The molecule has 6 heteroatoms. The van der Waals surface area contributed by atoms with Gasteiger partial charge in [-0.25, -0.2) is 0 Å². The normalized spacial score (nSPS) is 12.0. The van der Waals surface area contributed by atoms with E-state index in [9.17, 15) is 9.59 Å². The maximum Gasteiger partial charge on any atom is 0.251 e. The number of halogens is 2. The molecule has 0 radical (unpaired) electrons. The first-order valence-electron chi connectivity index (χ1n) is 6.36. The number of carbonyl (C=O) groups is 1. The van der Waals surface area contributed by atoms with Crippen LogP contribution in [0.5, 0.6) is 0 Å². The number of benzene rings is 1. The van der Waals surface area contributed by atoms with Gasteiger partial charge in [0.15, 0.2) is 0 Å². The van der Waals surface area contributed by atoms with E-state index in [0.29, 0.717) is 5.02 Å². The molecule has 1 amide bonds. The molecule has 1 atom stereocenters. The van der Waals surface area contributed by atoms with Crippen LogP contribution in [0, 0.1) is 0 Å². The monoisotopic (exact) mass is 368 g/mol. The summed E-state index contributed by atoms with van der Waals surface area (Å²) < 4.78 is 2.10. The standard InChI is InChI=1S/C15H14BrClN2O2/c1-10(11-3-2-4-13(17)7-11)18-14(20)9-19-8-12(16)5-6-15(19)21/h2-8,10H,9H2,1H3,(H,18,20)/t10-/m0/s1. The number of nitrogens with zero attached hydrogens (tertiary/aromatic N) is 1. The zero-order valence-electron chi connectivity index (χ0n) is 11.3. The summed E-state index contributed by atoms with van der Waals surface area (Å²) in [5, 5.41) is 3.47. The summed E-state index contributed by atoms with van der Waals surface area (Å²) in [6.45, 7) is 1.84. The highest BCUT2D eigenvalue weighted by molar-refractivity contribution is 9.10. The molecule has 4 nitrogen and oxygen atoms in total. The van der Waals surface area contributed by atoms with Crippen molar-refractivity contribution in [3.63, 3.8) is 0 Å². The molecule has 0 aliphatic heterocycles. The van der Waals surface area contributed by atoms with Crippen LogP contribution < -0.4 is 10.9 Å². The maximum absolute atomic E-state index is 12.0. The molecule has 1 heterocycles. The number of aromatic nitrogens is 1. The molecular formula is C15H14BrClN2O2. The number of hydrogen-bond acceptors (Lipinski definition) is 2. The second-order valence-electron chi connectivity index (χ2n) is 4.66. The lowest BCUT2D eigenvalue weighted by atomic mass is 10.1. The van der Waals surface area contributed by atoms with E-state index in [1.165, 1.54) is 10.6 Å². The van der Waals surface area contributed by atoms with Gasteiger partial charge in [-0.3, -0.25) is 9.59 Å². The third-order valence-corrected chi connectivity index (χ3v) is 3.69. The van der Waals surface area contributed by atoms with Crippen molar-refractivity contribution in [1.82, 2.24) is 9.88 Å². The third kappa shape index (κ3) is 4.44. The van der Waals surface area contributed by atoms with Crippen molar-refractivity contribution in [3.8, 4) is 0 Å². The van der Waals surface area contributed by atoms with Gasteiger partial charge >= 0.3 is 0 Å². The Hall–Kier alpha value is -1.59. The lowest BCUT2D eigenvalue weighted by Gasteiger charge is -2.15. The Balaban J connectivity index is 2.04. The third-order valence-electron chi connectivity index (χ3n) is 2.99. The summed E-state index contributed by atoms with van der Waals surface area (Å²) >= 11 is 9.21. The summed E-state index contributed by atoms with van der Waals surface area (Å²) in [5.74, 6) is -0.234. The first-order valence-corrected chi connectivity index (χ1v) is 7.53. The molecule has 1 aromatic carbocycles. The molecule has 0 saturated carbocycles. The second kappa shape index (κ2) is 6.91. The zero-order valence-corrected chi connectivity index (χ0v) is 13.7. The zero-order chi connectivity index (χ0) is 15.4. The van der Waals surface area contributed by atoms with Crippen molar-refractivity contribution in [2.24, 2.45) is 0 Å². The predicted molar refractivity (Wildman–Crippen MR) is 86.4 cm³/mol. The molecule has 1 N–H and O–H groups in total. The van der Waals surface area contributed by atoms with Crippen LogP contribution in [0.3, 0.4) is 0 Å². The fraction of sp³-hybridized carbons (Fsp3) is 0.200. The van der Waals surface area contributed by atoms with E-state index in [4.69, 9.17) is 11.6 Å². The fourth-order valence-electron chi connectivity index (χ4n) is 1.93. The van der Waals surface area contributed by atoms with Crippen molar-refractivity contribution in [2.75, 3.05) is 0 Å². The van der Waals surface area contributed by atoms with E-state index in [2.05, 4.69) is 21.2 Å². The summed E-state index contributed by atoms with van der Waals surface area (Å²) in [6.07, 6.45) is 1.59. The Morgan fingerprint density at radius 1 is 1.38 bits per heavy atom. The average molecular weight is 370 g/mol. The van der Waals surface area contributed by atoms with Crippen molar-refractivity contribution < 1.29 is 4.79 Å². The van der Waals surface area contributed by atoms with Gasteiger partial charge in [0.25, 0.3) is 5.56 Å². The van der Waals surface area contributed by atoms with Gasteiger partial charge in [0.05, 0.1) is 6.04 Å². The molecule has 2 rings (SSSR count). The molecule has 0 spiro atoms. The van der Waals surface area contributed by atoms with Crippen LogP contribution in [0.1, 0.15) is 18.5 Å². The Bertz CT molecular complexity index is 715. The number of rotatable bonds is 4. The van der Waals surface area contributed by atoms with Crippen molar-refractivity contribution >= 4 is 33.4 Å². The highest BCUT2D eigenvalue weighted by Crippen LogP contribution is 2.17. The van der Waals surface area contributed by atoms with E-state index in [0.717, 1.165) is 10.0 Å². The minimum absolute atomic E-state index is 0.0246. The first kappa shape index (κ1) is 15.8. The molecule has 2 aromatic rings. The number of nitrogens with one attached hydrogen (secondary N) is 1. The molecule has 0 aliphatic carbocycles. The van der Waals surface area contributed by atoms with Gasteiger partial charge in [-0.2, -0.15) is 0 Å². The predicted octanol–water partition coefficient (Wildman–Crippen LogP) is 3.14. The van der Waals surface area contributed by atoms with E-state index in [-0.39, 0.29) is 24.1 Å². The van der Waals surface area contributed by atoms with E-state index in [1.807, 2.05) is 19.1 Å². The number of amides is 1. The largest absolute Gasteiger partial charge is 0.348 e. The van der Waals surface area contributed by atoms with Gasteiger partial charge < -0.3 is 9.88 Å². The molecule has 0 bridgehead atoms. The molecule has 0 saturated heterocycles. The van der Waals surface area contributed by atoms with Crippen LogP contribution in [-0.2, 0) is 11.3 Å². The minimum atomic E-state index is -0.234. The number of hydrogen-bond donors (Lipinski definition) is 1. The van der Waals surface area contributed by atoms with Crippen LogP contribution in [0.25, 0.3) is 0 Å². The molecule has 21 heavy (non-hydrogen) atoms. The SMILES string of the molecule is C[C@H](NC(=O)Cn1cc(Br)ccc1=O)c1cccc(Cl)c1. The van der Waals surface area contributed by atoms with E-state index in [1.54, 1.807) is 24.4 Å². The molecule has 0 aliphatic rings. The Morgan fingerprint density at radius 3 is 2.86 bits per heavy atom. The average Bonchev–Trinajstić information content (AvgIpc) is 2.42. The van der Waals surface area contributed by atoms with Gasteiger partial charge in [0, 0.05) is 21.8 Å². The summed E-state index contributed by atoms with van der Waals surface area (Å²) in [7, 11) is 0. The molecular weight excluding hydrogens is 356 g/mol. The highest BCUT2D eigenvalue weighted by atomic mass is 79.9. The van der Waals surface area contributed by atoms with Crippen LogP contribution >= 0.6 is 27.5 Å². The van der Waals surface area contributed by atoms with Crippen molar-refractivity contribution in [1.29, 1.82) is 0 Å². The van der Waals surface area contributed by atoms with Gasteiger partial charge in [0.2, 0.25) is 5.91 Å². The Labute approximate surface area is 135 Å². The summed E-state index contributed by atoms with van der Waals surface area (Å²) in [5.41, 5.74) is 0.696. The van der Waals surface area contributed by atoms with E-state index < -0.39 is 0 Å². The van der Waals surface area contributed by atoms with Crippen LogP contribution in [0.4, 0.5) is 0 Å². The van der Waals surface area contributed by atoms with E-state index >= 15 is 0 Å². The van der Waals surface area contributed by atoms with Crippen LogP contribution in [-0.4, -0.2) is 10.5 Å². The number of carbonyl (C=O) groups excluding carboxylic acids is 1. The summed E-state index contributed by atoms with van der Waals surface area (Å²) in [4.78, 5) is 23.7.